The van der Waals surface area contributed by atoms with E-state index in [1.807, 2.05) is 13.8 Å². The first-order chi connectivity index (χ1) is 16.4. The molecule has 0 saturated heterocycles. The zero-order valence-corrected chi connectivity index (χ0v) is 25.0. The molecule has 0 aromatic rings. The van der Waals surface area contributed by atoms with Gasteiger partial charge in [-0.1, -0.05) is 41.5 Å². The van der Waals surface area contributed by atoms with Crippen LogP contribution >= 0.6 is 20.4 Å². The molecular formula is C24H50NO9PS. The van der Waals surface area contributed by atoms with E-state index < -0.39 is 33.1 Å². The van der Waals surface area contributed by atoms with Crippen LogP contribution in [0.15, 0.2) is 0 Å². The Morgan fingerprint density at radius 3 is 2.00 bits per heavy atom. The Bertz CT molecular complexity index is 616. The summed E-state index contributed by atoms with van der Waals surface area (Å²) in [6, 6.07) is -1.34. The fraction of sp³-hybridized carbons (Fsp3) is 0.917. The highest BCUT2D eigenvalue weighted by atomic mass is 32.2. The van der Waals surface area contributed by atoms with Gasteiger partial charge >= 0.3 is 14.6 Å². The second-order valence-electron chi connectivity index (χ2n) is 11.4. The lowest BCUT2D eigenvalue weighted by Crippen LogP contribution is -2.44. The third-order valence-corrected chi connectivity index (χ3v) is 6.78. The molecule has 0 aromatic heterocycles. The first kappa shape index (κ1) is 37.6. The molecule has 1 amide bonds. The zero-order chi connectivity index (χ0) is 28.6. The molecule has 0 spiro atoms. The minimum Gasteiger partial charge on any atom is -0.480 e. The summed E-state index contributed by atoms with van der Waals surface area (Å²) in [5.41, 5.74) is -0.573. The third-order valence-electron chi connectivity index (χ3n) is 4.95. The predicted octanol–water partition coefficient (Wildman–Crippen LogP) is 3.16. The molecule has 6 N–H and O–H groups in total. The highest BCUT2D eigenvalue weighted by Crippen LogP contribution is 2.37. The van der Waals surface area contributed by atoms with E-state index in [1.54, 1.807) is 0 Å². The smallest absolute Gasteiger partial charge is 0.328 e. The number of rotatable bonds is 18. The van der Waals surface area contributed by atoms with Crippen molar-refractivity contribution in [3.63, 3.8) is 0 Å². The quantitative estimate of drug-likeness (QED) is 0.137. The molecule has 0 saturated carbocycles. The van der Waals surface area contributed by atoms with E-state index in [9.17, 15) is 9.59 Å². The van der Waals surface area contributed by atoms with Crippen molar-refractivity contribution < 1.29 is 44.0 Å². The van der Waals surface area contributed by atoms with Crippen molar-refractivity contribution in [2.75, 3.05) is 37.9 Å². The largest absolute Gasteiger partial charge is 0.480 e. The van der Waals surface area contributed by atoms with Gasteiger partial charge in [0.1, 0.15) is 0 Å². The molecule has 0 aliphatic carbocycles. The molecular weight excluding hydrogens is 509 g/mol. The molecule has 0 aliphatic heterocycles. The van der Waals surface area contributed by atoms with Gasteiger partial charge in [-0.3, -0.25) is 4.79 Å². The second-order valence-corrected chi connectivity index (χ2v) is 13.2. The monoisotopic (exact) mass is 559 g/mol. The number of amides is 1. The summed E-state index contributed by atoms with van der Waals surface area (Å²) in [6.45, 7) is 17.0. The first-order valence-electron chi connectivity index (χ1n) is 12.1. The Kier molecular flexibility index (Phi) is 19.5. The van der Waals surface area contributed by atoms with Crippen LogP contribution in [0.2, 0.25) is 0 Å². The molecule has 216 valence electrons. The SMILES string of the molecule is CC(C)(COC(C)(C)CCO)CC(C)(C)CSCC(=O)NC(COP(O)O)C(=O)O.CC(C)CCO. The van der Waals surface area contributed by atoms with Crippen LogP contribution in [0.4, 0.5) is 0 Å². The van der Waals surface area contributed by atoms with Gasteiger partial charge in [-0.25, -0.2) is 4.79 Å². The molecule has 0 heterocycles. The molecule has 10 nitrogen and oxygen atoms in total. The summed E-state index contributed by atoms with van der Waals surface area (Å²) in [5.74, 6) is -0.344. The Hall–Kier alpha value is -0.520. The molecule has 0 aromatic carbocycles. The van der Waals surface area contributed by atoms with Crippen LogP contribution in [-0.2, 0) is 18.8 Å². The van der Waals surface area contributed by atoms with Crippen molar-refractivity contribution >= 4 is 32.2 Å². The van der Waals surface area contributed by atoms with Crippen molar-refractivity contribution in [3.8, 4) is 0 Å². The van der Waals surface area contributed by atoms with Gasteiger partial charge < -0.3 is 39.7 Å². The topological polar surface area (TPSA) is 166 Å². The predicted molar refractivity (Wildman–Crippen MR) is 145 cm³/mol. The molecule has 36 heavy (non-hydrogen) atoms. The Labute approximate surface area is 222 Å². The third kappa shape index (κ3) is 22.7. The Morgan fingerprint density at radius 2 is 1.58 bits per heavy atom. The number of aliphatic carboxylic acids is 1. The van der Waals surface area contributed by atoms with Crippen LogP contribution in [0, 0.1) is 16.7 Å². The van der Waals surface area contributed by atoms with Crippen LogP contribution in [-0.4, -0.2) is 86.6 Å². The van der Waals surface area contributed by atoms with Gasteiger partial charge in [0.15, 0.2) is 6.04 Å². The van der Waals surface area contributed by atoms with Gasteiger partial charge in [0.2, 0.25) is 5.91 Å². The van der Waals surface area contributed by atoms with Gasteiger partial charge in [-0.2, -0.15) is 11.8 Å². The van der Waals surface area contributed by atoms with E-state index in [1.165, 1.54) is 11.8 Å². The summed E-state index contributed by atoms with van der Waals surface area (Å²) < 4.78 is 10.5. The summed E-state index contributed by atoms with van der Waals surface area (Å²) in [4.78, 5) is 40.6. The van der Waals surface area contributed by atoms with E-state index >= 15 is 0 Å². The van der Waals surface area contributed by atoms with Gasteiger partial charge in [0.05, 0.1) is 24.6 Å². The first-order valence-corrected chi connectivity index (χ1v) is 14.4. The van der Waals surface area contributed by atoms with Crippen molar-refractivity contribution in [1.82, 2.24) is 5.32 Å². The van der Waals surface area contributed by atoms with Gasteiger partial charge in [0.25, 0.3) is 0 Å². The molecule has 0 rings (SSSR count). The van der Waals surface area contributed by atoms with E-state index in [-0.39, 0.29) is 28.8 Å². The number of nitrogens with one attached hydrogen (secondary N) is 1. The Balaban J connectivity index is 0. The summed E-state index contributed by atoms with van der Waals surface area (Å²) in [7, 11) is -2.68. The number of aliphatic hydroxyl groups is 2. The lowest BCUT2D eigenvalue weighted by atomic mass is 9.76. The highest BCUT2D eigenvalue weighted by molar-refractivity contribution is 7.99. The maximum absolute atomic E-state index is 12.0. The minimum absolute atomic E-state index is 0.0774. The van der Waals surface area contributed by atoms with Crippen molar-refractivity contribution in [3.05, 3.63) is 0 Å². The average Bonchev–Trinajstić information content (AvgIpc) is 2.69. The zero-order valence-electron chi connectivity index (χ0n) is 23.2. The normalized spacial score (nSPS) is 13.4. The number of hydrogen-bond donors (Lipinski definition) is 6. The standard InChI is InChI=1S/C19H38NO8PS.C5H12O/c1-17(2,12-27-19(5,6)7-8-21)11-18(3,4)13-30-10-15(22)20-14(16(23)24)9-28-29(25)26;1-5(2)3-4-6/h14,21,25-26H,7-13H2,1-6H3,(H,20,22)(H,23,24);5-6H,3-4H2,1-2H3. The van der Waals surface area contributed by atoms with Crippen LogP contribution < -0.4 is 5.32 Å². The van der Waals surface area contributed by atoms with Gasteiger partial charge in [-0.05, 0) is 55.6 Å². The van der Waals surface area contributed by atoms with E-state index in [0.717, 1.165) is 12.8 Å². The molecule has 0 bridgehead atoms. The lowest BCUT2D eigenvalue weighted by molar-refractivity contribution is -0.142. The number of carboxylic acid groups (broad SMARTS) is 1. The van der Waals surface area contributed by atoms with Crippen molar-refractivity contribution in [1.29, 1.82) is 0 Å². The van der Waals surface area contributed by atoms with Crippen LogP contribution in [0.5, 0.6) is 0 Å². The fourth-order valence-electron chi connectivity index (χ4n) is 3.36. The van der Waals surface area contributed by atoms with Crippen LogP contribution in [0.3, 0.4) is 0 Å². The number of carboxylic acids is 1. The number of thioether (sulfide) groups is 1. The van der Waals surface area contributed by atoms with E-state index in [0.29, 0.717) is 31.3 Å². The lowest BCUT2D eigenvalue weighted by Gasteiger charge is -2.37. The van der Waals surface area contributed by atoms with Gasteiger partial charge in [0, 0.05) is 13.2 Å². The maximum atomic E-state index is 12.0. The molecule has 0 aliphatic rings. The van der Waals surface area contributed by atoms with E-state index in [4.69, 9.17) is 29.8 Å². The number of carbonyl (C=O) groups is 2. The Morgan fingerprint density at radius 1 is 1.00 bits per heavy atom. The van der Waals surface area contributed by atoms with Crippen LogP contribution in [0.1, 0.15) is 74.7 Å². The fourth-order valence-corrected chi connectivity index (χ4v) is 4.67. The van der Waals surface area contributed by atoms with Crippen LogP contribution in [0.25, 0.3) is 0 Å². The second kappa shape index (κ2) is 18.7. The number of carbonyl (C=O) groups excluding carboxylic acids is 1. The number of aliphatic hydroxyl groups excluding tert-OH is 2. The molecule has 1 atom stereocenters. The average molecular weight is 560 g/mol. The summed E-state index contributed by atoms with van der Waals surface area (Å²) in [5, 5.41) is 28.8. The molecule has 0 fully saturated rings. The van der Waals surface area contributed by atoms with E-state index in [2.05, 4.69) is 51.4 Å². The maximum Gasteiger partial charge on any atom is 0.328 e. The minimum atomic E-state index is -2.68. The van der Waals surface area contributed by atoms with Crippen molar-refractivity contribution in [2.45, 2.75) is 86.3 Å². The molecule has 1 unspecified atom stereocenters. The number of hydrogen-bond acceptors (Lipinski definition) is 9. The number of ether oxygens (including phenoxy) is 1. The summed E-state index contributed by atoms with van der Waals surface area (Å²) >= 11 is 1.40. The van der Waals surface area contributed by atoms with Crippen molar-refractivity contribution in [2.24, 2.45) is 16.7 Å². The summed E-state index contributed by atoms with van der Waals surface area (Å²) in [6.07, 6.45) is 2.35. The highest BCUT2D eigenvalue weighted by Gasteiger charge is 2.31. The van der Waals surface area contributed by atoms with Gasteiger partial charge in [-0.15, -0.1) is 0 Å². The molecule has 0 radical (unpaired) electrons. The molecule has 12 heteroatoms.